The number of para-hydroxylation sites is 1. The van der Waals surface area contributed by atoms with Gasteiger partial charge in [0.15, 0.2) is 15.8 Å². The summed E-state index contributed by atoms with van der Waals surface area (Å²) < 4.78 is 15.1. The zero-order valence-corrected chi connectivity index (χ0v) is 21.7. The standard InChI is InChI=1S/C26H27N3O4S2/c1-5-14-33-20-13-12-18(15-21(20)32-6-2)16-22-24(30)28(26(34)35-22)23-17(3)27(4)29(25(23)31)19-10-8-7-9-11-19/h7-13,15-16H,5-6,14H2,1-4H3. The summed E-state index contributed by atoms with van der Waals surface area (Å²) in [6, 6.07) is 14.9. The van der Waals surface area contributed by atoms with Crippen LogP contribution in [-0.4, -0.2) is 32.8 Å². The zero-order chi connectivity index (χ0) is 25.1. The second-order valence-electron chi connectivity index (χ2n) is 7.91. The van der Waals surface area contributed by atoms with Crippen LogP contribution in [0.2, 0.25) is 0 Å². The maximum absolute atomic E-state index is 13.4. The van der Waals surface area contributed by atoms with Crippen LogP contribution in [0.1, 0.15) is 31.5 Å². The van der Waals surface area contributed by atoms with Crippen molar-refractivity contribution in [2.45, 2.75) is 27.2 Å². The fraction of sp³-hybridized carbons (Fsp3) is 0.269. The first-order valence-corrected chi connectivity index (χ1v) is 12.6. The lowest BCUT2D eigenvalue weighted by atomic mass is 10.1. The number of rotatable bonds is 8. The number of anilines is 1. The molecule has 0 N–H and O–H groups in total. The number of hydrogen-bond acceptors (Lipinski definition) is 6. The van der Waals surface area contributed by atoms with Crippen molar-refractivity contribution in [2.75, 3.05) is 18.1 Å². The highest BCUT2D eigenvalue weighted by Gasteiger charge is 2.37. The fourth-order valence-electron chi connectivity index (χ4n) is 3.84. The van der Waals surface area contributed by atoms with Crippen LogP contribution in [0.4, 0.5) is 5.69 Å². The highest BCUT2D eigenvalue weighted by molar-refractivity contribution is 8.27. The minimum absolute atomic E-state index is 0.264. The summed E-state index contributed by atoms with van der Waals surface area (Å²) in [5, 5.41) is 0. The molecule has 1 aromatic heterocycles. The van der Waals surface area contributed by atoms with E-state index in [0.717, 1.165) is 12.0 Å². The highest BCUT2D eigenvalue weighted by Crippen LogP contribution is 2.37. The second kappa shape index (κ2) is 10.5. The highest BCUT2D eigenvalue weighted by atomic mass is 32.2. The molecular weight excluding hydrogens is 482 g/mol. The van der Waals surface area contributed by atoms with Crippen molar-refractivity contribution in [1.29, 1.82) is 0 Å². The van der Waals surface area contributed by atoms with E-state index in [4.69, 9.17) is 21.7 Å². The van der Waals surface area contributed by atoms with Gasteiger partial charge in [0.25, 0.3) is 11.5 Å². The van der Waals surface area contributed by atoms with Gasteiger partial charge in [-0.05, 0) is 56.2 Å². The number of benzene rings is 2. The molecule has 7 nitrogen and oxygen atoms in total. The number of hydrogen-bond donors (Lipinski definition) is 0. The molecule has 35 heavy (non-hydrogen) atoms. The molecule has 2 aromatic carbocycles. The predicted octanol–water partition coefficient (Wildman–Crippen LogP) is 5.08. The third kappa shape index (κ3) is 4.78. The Hall–Kier alpha value is -3.30. The first-order valence-electron chi connectivity index (χ1n) is 11.4. The van der Waals surface area contributed by atoms with Gasteiger partial charge < -0.3 is 9.47 Å². The number of nitrogens with zero attached hydrogens (tertiary/aromatic N) is 3. The molecule has 0 saturated carbocycles. The molecule has 182 valence electrons. The molecule has 9 heteroatoms. The van der Waals surface area contributed by atoms with Crippen LogP contribution < -0.4 is 19.9 Å². The fourth-order valence-corrected chi connectivity index (χ4v) is 5.11. The molecule has 1 aliphatic heterocycles. The topological polar surface area (TPSA) is 65.7 Å². The van der Waals surface area contributed by atoms with Crippen LogP contribution in [-0.2, 0) is 11.8 Å². The first kappa shape index (κ1) is 24.8. The number of aromatic nitrogens is 2. The van der Waals surface area contributed by atoms with Crippen molar-refractivity contribution in [2.24, 2.45) is 7.05 Å². The van der Waals surface area contributed by atoms with Gasteiger partial charge in [-0.2, -0.15) is 0 Å². The van der Waals surface area contributed by atoms with Gasteiger partial charge in [-0.25, -0.2) is 4.68 Å². The lowest BCUT2D eigenvalue weighted by molar-refractivity contribution is -0.113. The van der Waals surface area contributed by atoms with Crippen LogP contribution >= 0.6 is 24.0 Å². The van der Waals surface area contributed by atoms with Gasteiger partial charge in [0.1, 0.15) is 5.69 Å². The summed E-state index contributed by atoms with van der Waals surface area (Å²) in [6.45, 7) is 6.84. The summed E-state index contributed by atoms with van der Waals surface area (Å²) in [4.78, 5) is 28.6. The molecule has 2 heterocycles. The Morgan fingerprint density at radius 2 is 1.77 bits per heavy atom. The lowest BCUT2D eigenvalue weighted by Crippen LogP contribution is -2.33. The van der Waals surface area contributed by atoms with Crippen LogP contribution in [0.15, 0.2) is 58.2 Å². The van der Waals surface area contributed by atoms with E-state index in [1.807, 2.05) is 69.3 Å². The average molecular weight is 510 g/mol. The maximum Gasteiger partial charge on any atom is 0.296 e. The molecule has 1 saturated heterocycles. The Morgan fingerprint density at radius 1 is 1.03 bits per heavy atom. The van der Waals surface area contributed by atoms with Gasteiger partial charge in [0.2, 0.25) is 0 Å². The molecule has 0 atom stereocenters. The van der Waals surface area contributed by atoms with Crippen molar-refractivity contribution in [1.82, 2.24) is 9.36 Å². The Morgan fingerprint density at radius 3 is 2.46 bits per heavy atom. The Balaban J connectivity index is 1.69. The zero-order valence-electron chi connectivity index (χ0n) is 20.1. The number of thiocarbonyl (C=S) groups is 1. The van der Waals surface area contributed by atoms with Crippen molar-refractivity contribution in [3.8, 4) is 17.2 Å². The summed E-state index contributed by atoms with van der Waals surface area (Å²) in [5.41, 5.74) is 2.10. The van der Waals surface area contributed by atoms with Crippen molar-refractivity contribution >= 4 is 46.0 Å². The van der Waals surface area contributed by atoms with E-state index in [9.17, 15) is 9.59 Å². The van der Waals surface area contributed by atoms with Crippen molar-refractivity contribution < 1.29 is 14.3 Å². The Bertz CT molecular complexity index is 1360. The number of carbonyl (C=O) groups excluding carboxylic acids is 1. The molecule has 1 fully saturated rings. The maximum atomic E-state index is 13.4. The molecule has 4 rings (SSSR count). The molecular formula is C26H27N3O4S2. The Labute approximate surface area is 213 Å². The largest absolute Gasteiger partial charge is 0.490 e. The van der Waals surface area contributed by atoms with Gasteiger partial charge in [0, 0.05) is 7.05 Å². The van der Waals surface area contributed by atoms with Crippen molar-refractivity contribution in [3.05, 3.63) is 75.0 Å². The number of carbonyl (C=O) groups is 1. The van der Waals surface area contributed by atoms with E-state index in [0.29, 0.717) is 45.3 Å². The molecule has 0 bridgehead atoms. The third-order valence-electron chi connectivity index (χ3n) is 5.57. The molecule has 3 aromatic rings. The quantitative estimate of drug-likeness (QED) is 0.312. The van der Waals surface area contributed by atoms with Crippen LogP contribution in [0.25, 0.3) is 11.8 Å². The molecule has 1 aliphatic rings. The predicted molar refractivity (Wildman–Crippen MR) is 145 cm³/mol. The van der Waals surface area contributed by atoms with Crippen molar-refractivity contribution in [3.63, 3.8) is 0 Å². The smallest absolute Gasteiger partial charge is 0.296 e. The van der Waals surface area contributed by atoms with E-state index in [1.54, 1.807) is 17.8 Å². The summed E-state index contributed by atoms with van der Waals surface area (Å²) in [6.07, 6.45) is 2.65. The minimum Gasteiger partial charge on any atom is -0.490 e. The lowest BCUT2D eigenvalue weighted by Gasteiger charge is -2.13. The molecule has 0 spiro atoms. The normalized spacial score (nSPS) is 14.7. The van der Waals surface area contributed by atoms with E-state index < -0.39 is 0 Å². The van der Waals surface area contributed by atoms with Crippen LogP contribution in [0.3, 0.4) is 0 Å². The first-order chi connectivity index (χ1) is 16.9. The number of ether oxygens (including phenoxy) is 2. The summed E-state index contributed by atoms with van der Waals surface area (Å²) >= 11 is 6.72. The number of amides is 1. The summed E-state index contributed by atoms with van der Waals surface area (Å²) in [5.74, 6) is 0.963. The summed E-state index contributed by atoms with van der Waals surface area (Å²) in [7, 11) is 1.79. The van der Waals surface area contributed by atoms with Gasteiger partial charge in [0.05, 0.1) is 29.5 Å². The Kier molecular flexibility index (Phi) is 7.47. The van der Waals surface area contributed by atoms with Crippen LogP contribution in [0.5, 0.6) is 11.5 Å². The van der Waals surface area contributed by atoms with Gasteiger partial charge in [-0.1, -0.05) is 55.2 Å². The molecule has 0 unspecified atom stereocenters. The average Bonchev–Trinajstić information content (AvgIpc) is 3.24. The van der Waals surface area contributed by atoms with E-state index in [2.05, 4.69) is 0 Å². The molecule has 0 radical (unpaired) electrons. The monoisotopic (exact) mass is 509 g/mol. The molecule has 0 aliphatic carbocycles. The van der Waals surface area contributed by atoms with E-state index in [1.165, 1.54) is 21.3 Å². The second-order valence-corrected chi connectivity index (χ2v) is 9.59. The minimum atomic E-state index is -0.324. The third-order valence-corrected chi connectivity index (χ3v) is 6.87. The van der Waals surface area contributed by atoms with Crippen LogP contribution in [0, 0.1) is 6.92 Å². The van der Waals surface area contributed by atoms with Gasteiger partial charge in [-0.15, -0.1) is 0 Å². The SMILES string of the molecule is CCCOc1ccc(C=C2SC(=S)N(c3c(C)n(C)n(-c4ccccc4)c3=O)C2=O)cc1OCC. The van der Waals surface area contributed by atoms with Gasteiger partial charge >= 0.3 is 0 Å². The molecule has 1 amide bonds. The van der Waals surface area contributed by atoms with E-state index in [-0.39, 0.29) is 17.2 Å². The number of thioether (sulfide) groups is 1. The van der Waals surface area contributed by atoms with E-state index >= 15 is 0 Å². The van der Waals surface area contributed by atoms with Gasteiger partial charge in [-0.3, -0.25) is 19.2 Å².